The van der Waals surface area contributed by atoms with Crippen LogP contribution in [0.5, 0.6) is 0 Å². The van der Waals surface area contributed by atoms with Gasteiger partial charge in [0.05, 0.1) is 23.5 Å². The molecule has 0 aliphatic rings. The zero-order valence-electron chi connectivity index (χ0n) is 11.3. The van der Waals surface area contributed by atoms with Crippen LogP contribution in [-0.2, 0) is 12.1 Å². The van der Waals surface area contributed by atoms with Crippen molar-refractivity contribution in [3.63, 3.8) is 0 Å². The first-order valence-electron chi connectivity index (χ1n) is 6.20. The smallest absolute Gasteiger partial charge is 0.0965 e. The van der Waals surface area contributed by atoms with E-state index < -0.39 is 0 Å². The fourth-order valence-electron chi connectivity index (χ4n) is 1.45. The van der Waals surface area contributed by atoms with Crippen molar-refractivity contribution in [2.45, 2.75) is 58.7 Å². The van der Waals surface area contributed by atoms with Crippen LogP contribution in [0.25, 0.3) is 0 Å². The van der Waals surface area contributed by atoms with Gasteiger partial charge in [-0.25, -0.2) is 4.68 Å². The molecule has 0 aliphatic carbocycles. The Morgan fingerprint density at radius 3 is 2.71 bits per heavy atom. The van der Waals surface area contributed by atoms with E-state index in [0.717, 1.165) is 31.6 Å². The summed E-state index contributed by atoms with van der Waals surface area (Å²) < 4.78 is 1.87. The second kappa shape index (κ2) is 6.12. The Bertz CT molecular complexity index is 327. The van der Waals surface area contributed by atoms with Crippen molar-refractivity contribution >= 4 is 0 Å². The summed E-state index contributed by atoms with van der Waals surface area (Å²) in [7, 11) is 0. The third-order valence-electron chi connectivity index (χ3n) is 2.51. The molecule has 1 heterocycles. The highest BCUT2D eigenvalue weighted by molar-refractivity contribution is 4.93. The lowest BCUT2D eigenvalue weighted by Gasteiger charge is -2.17. The highest BCUT2D eigenvalue weighted by Crippen LogP contribution is 2.11. The highest BCUT2D eigenvalue weighted by Gasteiger charge is 2.14. The fourth-order valence-corrected chi connectivity index (χ4v) is 1.45. The van der Waals surface area contributed by atoms with E-state index in [4.69, 9.17) is 5.11 Å². The second-order valence-corrected chi connectivity index (χ2v) is 5.49. The number of hydrogen-bond acceptors (Lipinski definition) is 4. The van der Waals surface area contributed by atoms with Crippen molar-refractivity contribution in [2.75, 3.05) is 6.54 Å². The average molecular weight is 240 g/mol. The first-order chi connectivity index (χ1) is 7.89. The van der Waals surface area contributed by atoms with Gasteiger partial charge in [0, 0.05) is 6.54 Å². The van der Waals surface area contributed by atoms with E-state index in [2.05, 4.69) is 36.4 Å². The molecule has 1 unspecified atom stereocenters. The lowest BCUT2D eigenvalue weighted by Crippen LogP contribution is -2.22. The van der Waals surface area contributed by atoms with Crippen molar-refractivity contribution in [1.29, 1.82) is 0 Å². The topological polar surface area (TPSA) is 63.0 Å². The molecule has 0 saturated heterocycles. The average Bonchev–Trinajstić information content (AvgIpc) is 2.64. The molecule has 98 valence electrons. The number of nitrogens with one attached hydrogen (secondary N) is 1. The van der Waals surface area contributed by atoms with E-state index in [1.807, 2.05) is 17.8 Å². The molecule has 0 saturated carbocycles. The van der Waals surface area contributed by atoms with Crippen LogP contribution >= 0.6 is 0 Å². The van der Waals surface area contributed by atoms with Crippen molar-refractivity contribution < 1.29 is 5.11 Å². The van der Waals surface area contributed by atoms with Gasteiger partial charge in [-0.15, -0.1) is 5.10 Å². The Hall–Kier alpha value is -0.940. The maximum absolute atomic E-state index is 9.11. The maximum atomic E-state index is 9.11. The maximum Gasteiger partial charge on any atom is 0.0965 e. The lowest BCUT2D eigenvalue weighted by atomic mass is 10.1. The zero-order chi connectivity index (χ0) is 12.9. The van der Waals surface area contributed by atoms with E-state index in [0.29, 0.717) is 0 Å². The fraction of sp³-hybridized carbons (Fsp3) is 0.833. The molecule has 5 heteroatoms. The SMILES string of the molecule is CC(O)CCCNCc1cn(C(C)(C)C)nn1. The van der Waals surface area contributed by atoms with Crippen molar-refractivity contribution in [3.05, 3.63) is 11.9 Å². The van der Waals surface area contributed by atoms with Crippen LogP contribution in [0.15, 0.2) is 6.20 Å². The first-order valence-corrected chi connectivity index (χ1v) is 6.20. The van der Waals surface area contributed by atoms with Gasteiger partial charge in [0.2, 0.25) is 0 Å². The van der Waals surface area contributed by atoms with E-state index in [-0.39, 0.29) is 11.6 Å². The minimum atomic E-state index is -0.210. The molecule has 1 aromatic heterocycles. The number of aromatic nitrogens is 3. The van der Waals surface area contributed by atoms with E-state index >= 15 is 0 Å². The Labute approximate surface area is 103 Å². The van der Waals surface area contributed by atoms with E-state index in [9.17, 15) is 0 Å². The normalized spacial score (nSPS) is 13.9. The molecule has 0 aromatic carbocycles. The molecule has 17 heavy (non-hydrogen) atoms. The largest absolute Gasteiger partial charge is 0.393 e. The summed E-state index contributed by atoms with van der Waals surface area (Å²) in [6.45, 7) is 9.74. The minimum absolute atomic E-state index is 0.0163. The monoisotopic (exact) mass is 240 g/mol. The van der Waals surface area contributed by atoms with Crippen molar-refractivity contribution in [2.24, 2.45) is 0 Å². The molecule has 2 N–H and O–H groups in total. The van der Waals surface area contributed by atoms with E-state index in [1.54, 1.807) is 0 Å². The van der Waals surface area contributed by atoms with Crippen LogP contribution < -0.4 is 5.32 Å². The Kier molecular flexibility index (Phi) is 5.08. The second-order valence-electron chi connectivity index (χ2n) is 5.49. The van der Waals surface area contributed by atoms with Crippen LogP contribution in [0.4, 0.5) is 0 Å². The summed E-state index contributed by atoms with van der Waals surface area (Å²) in [5, 5.41) is 20.6. The molecule has 0 amide bonds. The molecular formula is C12H24N4O. The number of nitrogens with zero attached hydrogens (tertiary/aromatic N) is 3. The summed E-state index contributed by atoms with van der Waals surface area (Å²) in [5.41, 5.74) is 0.939. The highest BCUT2D eigenvalue weighted by atomic mass is 16.3. The Morgan fingerprint density at radius 1 is 1.47 bits per heavy atom. The van der Waals surface area contributed by atoms with E-state index in [1.165, 1.54) is 0 Å². The zero-order valence-corrected chi connectivity index (χ0v) is 11.3. The molecule has 1 atom stereocenters. The van der Waals surface area contributed by atoms with Crippen LogP contribution in [0.3, 0.4) is 0 Å². The quantitative estimate of drug-likeness (QED) is 0.735. The Morgan fingerprint density at radius 2 is 2.18 bits per heavy atom. The number of hydrogen-bond donors (Lipinski definition) is 2. The first kappa shape index (κ1) is 14.1. The number of rotatable bonds is 6. The molecule has 0 spiro atoms. The molecular weight excluding hydrogens is 216 g/mol. The summed E-state index contributed by atoms with van der Waals surface area (Å²) >= 11 is 0. The van der Waals surface area contributed by atoms with Crippen molar-refractivity contribution in [3.8, 4) is 0 Å². The summed E-state index contributed by atoms with van der Waals surface area (Å²) in [5.74, 6) is 0. The predicted molar refractivity (Wildman–Crippen MR) is 67.6 cm³/mol. The molecule has 0 bridgehead atoms. The van der Waals surface area contributed by atoms with Gasteiger partial charge in [-0.2, -0.15) is 0 Å². The van der Waals surface area contributed by atoms with Crippen LogP contribution in [0, 0.1) is 0 Å². The summed E-state index contributed by atoms with van der Waals surface area (Å²) in [4.78, 5) is 0. The number of aliphatic hydroxyl groups is 1. The standard InChI is InChI=1S/C12H24N4O/c1-10(17)6-5-7-13-8-11-9-16(15-14-11)12(2,3)4/h9-10,13,17H,5-8H2,1-4H3. The van der Waals surface area contributed by atoms with Gasteiger partial charge in [0.25, 0.3) is 0 Å². The van der Waals surface area contributed by atoms with Crippen molar-refractivity contribution in [1.82, 2.24) is 20.3 Å². The van der Waals surface area contributed by atoms with Crippen LogP contribution in [0.1, 0.15) is 46.2 Å². The van der Waals surface area contributed by atoms with Gasteiger partial charge in [-0.1, -0.05) is 5.21 Å². The number of aliphatic hydroxyl groups excluding tert-OH is 1. The van der Waals surface area contributed by atoms with Gasteiger partial charge >= 0.3 is 0 Å². The van der Waals surface area contributed by atoms with Crippen LogP contribution in [-0.4, -0.2) is 32.7 Å². The summed E-state index contributed by atoms with van der Waals surface area (Å²) in [6.07, 6.45) is 3.58. The Balaban J connectivity index is 2.26. The molecule has 1 aromatic rings. The molecule has 1 rings (SSSR count). The molecule has 0 fully saturated rings. The van der Waals surface area contributed by atoms with Gasteiger partial charge in [0.1, 0.15) is 0 Å². The van der Waals surface area contributed by atoms with Gasteiger partial charge in [0.15, 0.2) is 0 Å². The minimum Gasteiger partial charge on any atom is -0.393 e. The van der Waals surface area contributed by atoms with Gasteiger partial charge in [-0.05, 0) is 47.1 Å². The predicted octanol–water partition coefficient (Wildman–Crippen LogP) is 1.28. The summed E-state index contributed by atoms with van der Waals surface area (Å²) in [6, 6.07) is 0. The third kappa shape index (κ3) is 5.28. The van der Waals surface area contributed by atoms with Gasteiger partial charge in [-0.3, -0.25) is 0 Å². The molecule has 0 aliphatic heterocycles. The lowest BCUT2D eigenvalue weighted by molar-refractivity contribution is 0.181. The third-order valence-corrected chi connectivity index (χ3v) is 2.51. The van der Waals surface area contributed by atoms with Gasteiger partial charge < -0.3 is 10.4 Å². The molecule has 0 radical (unpaired) electrons. The molecule has 5 nitrogen and oxygen atoms in total. The van der Waals surface area contributed by atoms with Crippen LogP contribution in [0.2, 0.25) is 0 Å².